The van der Waals surface area contributed by atoms with Gasteiger partial charge in [-0.2, -0.15) is 0 Å². The van der Waals surface area contributed by atoms with Gasteiger partial charge in [-0.15, -0.1) is 0 Å². The van der Waals surface area contributed by atoms with Crippen molar-refractivity contribution in [2.75, 3.05) is 13.1 Å². The first-order valence-electron chi connectivity index (χ1n) is 5.92. The van der Waals surface area contributed by atoms with Crippen molar-refractivity contribution in [3.8, 4) is 0 Å². The summed E-state index contributed by atoms with van der Waals surface area (Å²) >= 11 is 0. The molecule has 0 aromatic rings. The standard InChI is InChI=1S/C12H23N/c1-9(2)12-8-13-6-4-5-11(13)7-10(12)3/h9-12H,4-8H2,1-3H3. The van der Waals surface area contributed by atoms with Gasteiger partial charge in [0, 0.05) is 12.6 Å². The molecule has 1 heteroatoms. The SMILES string of the molecule is CC(C)C1CN2CCCC2CC1C. The number of hydrogen-bond donors (Lipinski definition) is 0. The molecular formula is C12H23N. The molecule has 3 unspecified atom stereocenters. The zero-order chi connectivity index (χ0) is 9.42. The van der Waals surface area contributed by atoms with Crippen molar-refractivity contribution in [3.05, 3.63) is 0 Å². The van der Waals surface area contributed by atoms with Crippen LogP contribution in [0.4, 0.5) is 0 Å². The first-order chi connectivity index (χ1) is 6.18. The fourth-order valence-corrected chi connectivity index (χ4v) is 3.32. The highest BCUT2D eigenvalue weighted by molar-refractivity contribution is 4.90. The average molecular weight is 181 g/mol. The summed E-state index contributed by atoms with van der Waals surface area (Å²) in [6.07, 6.45) is 4.38. The second kappa shape index (κ2) is 3.61. The van der Waals surface area contributed by atoms with Crippen LogP contribution >= 0.6 is 0 Å². The van der Waals surface area contributed by atoms with Gasteiger partial charge in [0.25, 0.3) is 0 Å². The van der Waals surface area contributed by atoms with Crippen LogP contribution < -0.4 is 0 Å². The molecule has 0 saturated carbocycles. The molecule has 0 amide bonds. The normalized spacial score (nSPS) is 41.1. The topological polar surface area (TPSA) is 3.24 Å². The first kappa shape index (κ1) is 9.51. The maximum absolute atomic E-state index is 2.74. The van der Waals surface area contributed by atoms with Gasteiger partial charge in [-0.1, -0.05) is 20.8 Å². The highest BCUT2D eigenvalue weighted by atomic mass is 15.2. The maximum atomic E-state index is 2.74. The number of fused-ring (bicyclic) bond motifs is 1. The van der Waals surface area contributed by atoms with Crippen LogP contribution in [-0.4, -0.2) is 24.0 Å². The molecule has 2 heterocycles. The van der Waals surface area contributed by atoms with E-state index in [4.69, 9.17) is 0 Å². The molecule has 0 aliphatic carbocycles. The van der Waals surface area contributed by atoms with E-state index in [-0.39, 0.29) is 0 Å². The smallest absolute Gasteiger partial charge is 0.00984 e. The van der Waals surface area contributed by atoms with Gasteiger partial charge in [0.2, 0.25) is 0 Å². The van der Waals surface area contributed by atoms with E-state index in [1.54, 1.807) is 0 Å². The van der Waals surface area contributed by atoms with E-state index in [0.29, 0.717) is 0 Å². The van der Waals surface area contributed by atoms with Crippen molar-refractivity contribution in [3.63, 3.8) is 0 Å². The Morgan fingerprint density at radius 2 is 2.08 bits per heavy atom. The molecule has 2 aliphatic rings. The minimum Gasteiger partial charge on any atom is -0.300 e. The molecule has 2 fully saturated rings. The van der Waals surface area contributed by atoms with Gasteiger partial charge in [0.05, 0.1) is 0 Å². The first-order valence-corrected chi connectivity index (χ1v) is 5.92. The van der Waals surface area contributed by atoms with Crippen molar-refractivity contribution in [2.45, 2.75) is 46.1 Å². The zero-order valence-electron chi connectivity index (χ0n) is 9.29. The van der Waals surface area contributed by atoms with Gasteiger partial charge in [0.1, 0.15) is 0 Å². The van der Waals surface area contributed by atoms with Gasteiger partial charge in [-0.3, -0.25) is 0 Å². The summed E-state index contributed by atoms with van der Waals surface area (Å²) in [5.41, 5.74) is 0. The molecule has 1 nitrogen and oxygen atoms in total. The van der Waals surface area contributed by atoms with Crippen LogP contribution in [0, 0.1) is 17.8 Å². The summed E-state index contributed by atoms with van der Waals surface area (Å²) in [6.45, 7) is 9.99. The van der Waals surface area contributed by atoms with E-state index in [1.807, 2.05) is 0 Å². The molecule has 3 atom stereocenters. The van der Waals surface area contributed by atoms with Crippen molar-refractivity contribution >= 4 is 0 Å². The highest BCUT2D eigenvalue weighted by Gasteiger charge is 2.36. The second-order valence-electron chi connectivity index (χ2n) is 5.41. The average Bonchev–Trinajstić information content (AvgIpc) is 2.48. The van der Waals surface area contributed by atoms with Gasteiger partial charge in [-0.25, -0.2) is 0 Å². The number of rotatable bonds is 1. The Morgan fingerprint density at radius 1 is 1.31 bits per heavy atom. The largest absolute Gasteiger partial charge is 0.300 e. The van der Waals surface area contributed by atoms with E-state index >= 15 is 0 Å². The van der Waals surface area contributed by atoms with Crippen molar-refractivity contribution < 1.29 is 0 Å². The van der Waals surface area contributed by atoms with Crippen LogP contribution in [0.2, 0.25) is 0 Å². The number of hydrogen-bond acceptors (Lipinski definition) is 1. The molecule has 0 aromatic heterocycles. The summed E-state index contributed by atoms with van der Waals surface area (Å²) in [6, 6.07) is 0.949. The molecule has 2 rings (SSSR count). The molecule has 13 heavy (non-hydrogen) atoms. The van der Waals surface area contributed by atoms with Gasteiger partial charge in [0.15, 0.2) is 0 Å². The van der Waals surface area contributed by atoms with Gasteiger partial charge >= 0.3 is 0 Å². The molecule has 0 aromatic carbocycles. The summed E-state index contributed by atoms with van der Waals surface area (Å²) < 4.78 is 0. The van der Waals surface area contributed by atoms with E-state index in [0.717, 1.165) is 23.8 Å². The van der Waals surface area contributed by atoms with Crippen molar-refractivity contribution in [1.29, 1.82) is 0 Å². The predicted octanol–water partition coefficient (Wildman–Crippen LogP) is 2.76. The summed E-state index contributed by atoms with van der Waals surface area (Å²) in [5, 5.41) is 0. The van der Waals surface area contributed by atoms with Crippen LogP contribution in [0.5, 0.6) is 0 Å². The third kappa shape index (κ3) is 1.76. The van der Waals surface area contributed by atoms with E-state index < -0.39 is 0 Å². The zero-order valence-corrected chi connectivity index (χ0v) is 9.29. The molecule has 2 saturated heterocycles. The number of nitrogens with zero attached hydrogens (tertiary/aromatic N) is 1. The molecule has 0 radical (unpaired) electrons. The molecule has 76 valence electrons. The van der Waals surface area contributed by atoms with E-state index in [9.17, 15) is 0 Å². The highest BCUT2D eigenvalue weighted by Crippen LogP contribution is 2.36. The summed E-state index contributed by atoms with van der Waals surface area (Å²) in [4.78, 5) is 2.74. The van der Waals surface area contributed by atoms with Crippen LogP contribution in [0.3, 0.4) is 0 Å². The fourth-order valence-electron chi connectivity index (χ4n) is 3.32. The lowest BCUT2D eigenvalue weighted by Crippen LogP contribution is -2.44. The Bertz CT molecular complexity index is 176. The lowest BCUT2D eigenvalue weighted by Gasteiger charge is -2.41. The minimum atomic E-state index is 0.872. The monoisotopic (exact) mass is 181 g/mol. The van der Waals surface area contributed by atoms with Crippen LogP contribution in [-0.2, 0) is 0 Å². The Hall–Kier alpha value is -0.0400. The third-order valence-electron chi connectivity index (χ3n) is 4.18. The molecule has 0 spiro atoms. The maximum Gasteiger partial charge on any atom is 0.00984 e. The van der Waals surface area contributed by atoms with Crippen molar-refractivity contribution in [2.24, 2.45) is 17.8 Å². The van der Waals surface area contributed by atoms with Crippen LogP contribution in [0.1, 0.15) is 40.0 Å². The lowest BCUT2D eigenvalue weighted by atomic mass is 9.77. The lowest BCUT2D eigenvalue weighted by molar-refractivity contribution is 0.0749. The molecule has 0 N–H and O–H groups in total. The Kier molecular flexibility index (Phi) is 2.64. The molecule has 2 aliphatic heterocycles. The Morgan fingerprint density at radius 3 is 2.77 bits per heavy atom. The molecule has 0 bridgehead atoms. The van der Waals surface area contributed by atoms with E-state index in [1.165, 1.54) is 32.4 Å². The minimum absolute atomic E-state index is 0.872. The number of piperidine rings is 1. The third-order valence-corrected chi connectivity index (χ3v) is 4.18. The van der Waals surface area contributed by atoms with Gasteiger partial charge in [-0.05, 0) is 43.6 Å². The van der Waals surface area contributed by atoms with Crippen LogP contribution in [0.15, 0.2) is 0 Å². The van der Waals surface area contributed by atoms with Crippen LogP contribution in [0.25, 0.3) is 0 Å². The van der Waals surface area contributed by atoms with E-state index in [2.05, 4.69) is 25.7 Å². The second-order valence-corrected chi connectivity index (χ2v) is 5.41. The predicted molar refractivity (Wildman–Crippen MR) is 56.7 cm³/mol. The van der Waals surface area contributed by atoms with Gasteiger partial charge < -0.3 is 4.90 Å². The fraction of sp³-hybridized carbons (Fsp3) is 1.00. The summed E-state index contributed by atoms with van der Waals surface area (Å²) in [5.74, 6) is 2.78. The summed E-state index contributed by atoms with van der Waals surface area (Å²) in [7, 11) is 0. The Labute approximate surface area is 82.5 Å². The molecular weight excluding hydrogens is 158 g/mol. The van der Waals surface area contributed by atoms with Crippen molar-refractivity contribution in [1.82, 2.24) is 4.90 Å². The quantitative estimate of drug-likeness (QED) is 0.601. The Balaban J connectivity index is 2.01.